The predicted octanol–water partition coefficient (Wildman–Crippen LogP) is 2.74. The van der Waals surface area contributed by atoms with Gasteiger partial charge in [-0.1, -0.05) is 48.5 Å². The van der Waals surface area contributed by atoms with E-state index in [4.69, 9.17) is 14.2 Å². The molecule has 156 valence electrons. The fraction of sp³-hybridized carbons (Fsp3) is 0.435. The molecule has 1 fully saturated rings. The SMILES string of the molecule is CC1(C)OCCO[C@H](CNCc2ccccc2)[C@H](CNC(=O)c2ccccc2)O1. The van der Waals surface area contributed by atoms with E-state index in [2.05, 4.69) is 22.8 Å². The van der Waals surface area contributed by atoms with Crippen molar-refractivity contribution < 1.29 is 19.0 Å². The second kappa shape index (κ2) is 10.5. The molecule has 29 heavy (non-hydrogen) atoms. The van der Waals surface area contributed by atoms with Crippen LogP contribution in [-0.4, -0.2) is 50.2 Å². The Balaban J connectivity index is 1.61. The predicted molar refractivity (Wildman–Crippen MR) is 112 cm³/mol. The molecule has 0 spiro atoms. The van der Waals surface area contributed by atoms with Crippen LogP contribution >= 0.6 is 0 Å². The minimum Gasteiger partial charge on any atom is -0.372 e. The van der Waals surface area contributed by atoms with Crippen molar-refractivity contribution in [2.45, 2.75) is 38.4 Å². The molecule has 3 rings (SSSR count). The quantitative estimate of drug-likeness (QED) is 0.751. The number of carbonyl (C=O) groups excluding carboxylic acids is 1. The first-order valence-corrected chi connectivity index (χ1v) is 10.0. The van der Waals surface area contributed by atoms with Gasteiger partial charge < -0.3 is 24.8 Å². The second-order valence-electron chi connectivity index (χ2n) is 7.51. The number of benzene rings is 2. The highest BCUT2D eigenvalue weighted by atomic mass is 16.7. The Morgan fingerprint density at radius 3 is 2.38 bits per heavy atom. The summed E-state index contributed by atoms with van der Waals surface area (Å²) in [6.07, 6.45) is -0.556. The van der Waals surface area contributed by atoms with Gasteiger partial charge in [-0.05, 0) is 31.5 Å². The van der Waals surface area contributed by atoms with Gasteiger partial charge in [-0.15, -0.1) is 0 Å². The summed E-state index contributed by atoms with van der Waals surface area (Å²) in [6.45, 7) is 6.40. The van der Waals surface area contributed by atoms with Crippen LogP contribution in [0.4, 0.5) is 0 Å². The van der Waals surface area contributed by atoms with Crippen LogP contribution in [-0.2, 0) is 20.8 Å². The molecule has 2 atom stereocenters. The van der Waals surface area contributed by atoms with E-state index in [0.717, 1.165) is 6.54 Å². The Hall–Kier alpha value is -2.25. The lowest BCUT2D eigenvalue weighted by molar-refractivity contribution is -0.277. The van der Waals surface area contributed by atoms with Crippen molar-refractivity contribution >= 4 is 5.91 Å². The van der Waals surface area contributed by atoms with Crippen LogP contribution in [0, 0.1) is 0 Å². The largest absolute Gasteiger partial charge is 0.372 e. The first kappa shape index (κ1) is 21.5. The van der Waals surface area contributed by atoms with Gasteiger partial charge >= 0.3 is 0 Å². The highest BCUT2D eigenvalue weighted by Crippen LogP contribution is 2.20. The maximum atomic E-state index is 12.5. The van der Waals surface area contributed by atoms with E-state index in [9.17, 15) is 4.79 Å². The smallest absolute Gasteiger partial charge is 0.251 e. The molecule has 0 bridgehead atoms. The van der Waals surface area contributed by atoms with Gasteiger partial charge in [0.05, 0.1) is 19.3 Å². The summed E-state index contributed by atoms with van der Waals surface area (Å²) in [5.74, 6) is -0.880. The maximum Gasteiger partial charge on any atom is 0.251 e. The van der Waals surface area contributed by atoms with Crippen LogP contribution in [0.1, 0.15) is 29.8 Å². The average molecular weight is 399 g/mol. The van der Waals surface area contributed by atoms with Crippen molar-refractivity contribution in [2.24, 2.45) is 0 Å². The van der Waals surface area contributed by atoms with Crippen molar-refractivity contribution in [3.05, 3.63) is 71.8 Å². The topological polar surface area (TPSA) is 68.8 Å². The van der Waals surface area contributed by atoms with E-state index in [1.807, 2.05) is 50.2 Å². The molecule has 2 N–H and O–H groups in total. The fourth-order valence-electron chi connectivity index (χ4n) is 3.27. The molecule has 1 heterocycles. The number of carbonyl (C=O) groups is 1. The molecule has 1 aliphatic rings. The van der Waals surface area contributed by atoms with Gasteiger partial charge in [-0.2, -0.15) is 0 Å². The molecule has 0 aromatic heterocycles. The van der Waals surface area contributed by atoms with Crippen molar-refractivity contribution in [3.8, 4) is 0 Å². The molecule has 0 unspecified atom stereocenters. The molecule has 6 nitrogen and oxygen atoms in total. The molecule has 6 heteroatoms. The van der Waals surface area contributed by atoms with Gasteiger partial charge in [-0.25, -0.2) is 0 Å². The summed E-state index contributed by atoms with van der Waals surface area (Å²) in [5, 5.41) is 6.40. The molecule has 2 aromatic rings. The minimum absolute atomic E-state index is 0.133. The number of amides is 1. The zero-order valence-corrected chi connectivity index (χ0v) is 17.1. The molecular formula is C23H30N2O4. The Bertz CT molecular complexity index is 752. The van der Waals surface area contributed by atoms with E-state index in [1.54, 1.807) is 12.1 Å². The number of hydrogen-bond donors (Lipinski definition) is 2. The van der Waals surface area contributed by atoms with Crippen LogP contribution in [0.5, 0.6) is 0 Å². The van der Waals surface area contributed by atoms with Crippen LogP contribution < -0.4 is 10.6 Å². The standard InChI is InChI=1S/C23H30N2O4/c1-23(2)28-14-13-27-20(16-24-15-18-9-5-3-6-10-18)21(29-23)17-25-22(26)19-11-7-4-8-12-19/h3-12,20-21,24H,13-17H2,1-2H3,(H,25,26)/t20-,21+/m1/s1. The van der Waals surface area contributed by atoms with E-state index in [1.165, 1.54) is 5.56 Å². The summed E-state index contributed by atoms with van der Waals surface area (Å²) in [6, 6.07) is 19.4. The lowest BCUT2D eigenvalue weighted by atomic mass is 10.1. The highest BCUT2D eigenvalue weighted by Gasteiger charge is 2.33. The van der Waals surface area contributed by atoms with Crippen LogP contribution in [0.3, 0.4) is 0 Å². The molecule has 0 radical (unpaired) electrons. The Kier molecular flexibility index (Phi) is 7.77. The van der Waals surface area contributed by atoms with Gasteiger partial charge in [0.25, 0.3) is 5.91 Å². The second-order valence-corrected chi connectivity index (χ2v) is 7.51. The maximum absolute atomic E-state index is 12.5. The summed E-state index contributed by atoms with van der Waals surface area (Å²) >= 11 is 0. The summed E-state index contributed by atoms with van der Waals surface area (Å²) in [7, 11) is 0. The molecule has 2 aromatic carbocycles. The molecule has 1 aliphatic heterocycles. The normalized spacial score (nSPS) is 21.7. The van der Waals surface area contributed by atoms with Crippen LogP contribution in [0.25, 0.3) is 0 Å². The summed E-state index contributed by atoms with van der Waals surface area (Å²) in [5.41, 5.74) is 1.82. The fourth-order valence-corrected chi connectivity index (χ4v) is 3.27. The molecule has 0 saturated carbocycles. The van der Waals surface area contributed by atoms with E-state index >= 15 is 0 Å². The number of nitrogens with one attached hydrogen (secondary N) is 2. The zero-order chi connectivity index (χ0) is 20.5. The van der Waals surface area contributed by atoms with Gasteiger partial charge in [0.1, 0.15) is 6.10 Å². The number of rotatable bonds is 7. The average Bonchev–Trinajstić information content (AvgIpc) is 2.73. The highest BCUT2D eigenvalue weighted by molar-refractivity contribution is 5.94. The number of ether oxygens (including phenoxy) is 3. The summed E-state index contributed by atoms with van der Waals surface area (Å²) in [4.78, 5) is 12.5. The Morgan fingerprint density at radius 2 is 1.66 bits per heavy atom. The Labute approximate surface area is 172 Å². The van der Waals surface area contributed by atoms with E-state index in [0.29, 0.717) is 31.9 Å². The van der Waals surface area contributed by atoms with Crippen molar-refractivity contribution in [3.63, 3.8) is 0 Å². The molecular weight excluding hydrogens is 368 g/mol. The van der Waals surface area contributed by atoms with Crippen LogP contribution in [0.2, 0.25) is 0 Å². The minimum atomic E-state index is -0.746. The summed E-state index contributed by atoms with van der Waals surface area (Å²) < 4.78 is 17.9. The van der Waals surface area contributed by atoms with Crippen molar-refractivity contribution in [1.82, 2.24) is 10.6 Å². The third-order valence-electron chi connectivity index (χ3n) is 4.73. The molecule has 0 aliphatic carbocycles. The third kappa shape index (κ3) is 6.94. The molecule has 1 amide bonds. The Morgan fingerprint density at radius 1 is 0.966 bits per heavy atom. The lowest BCUT2D eigenvalue weighted by Crippen LogP contribution is -2.52. The van der Waals surface area contributed by atoms with Crippen LogP contribution in [0.15, 0.2) is 60.7 Å². The van der Waals surface area contributed by atoms with Crippen molar-refractivity contribution in [2.75, 3.05) is 26.3 Å². The van der Waals surface area contributed by atoms with Gasteiger partial charge in [0, 0.05) is 25.2 Å². The van der Waals surface area contributed by atoms with E-state index < -0.39 is 5.79 Å². The van der Waals surface area contributed by atoms with Gasteiger partial charge in [0.15, 0.2) is 5.79 Å². The first-order valence-electron chi connectivity index (χ1n) is 10.0. The zero-order valence-electron chi connectivity index (χ0n) is 17.1. The molecule has 1 saturated heterocycles. The third-order valence-corrected chi connectivity index (χ3v) is 4.73. The van der Waals surface area contributed by atoms with Gasteiger partial charge in [0.2, 0.25) is 0 Å². The lowest BCUT2D eigenvalue weighted by Gasteiger charge is -2.37. The monoisotopic (exact) mass is 398 g/mol. The first-order chi connectivity index (χ1) is 14.0. The van der Waals surface area contributed by atoms with E-state index in [-0.39, 0.29) is 18.1 Å². The van der Waals surface area contributed by atoms with Crippen molar-refractivity contribution in [1.29, 1.82) is 0 Å². The number of hydrogen-bond acceptors (Lipinski definition) is 5. The van der Waals surface area contributed by atoms with Gasteiger partial charge in [-0.3, -0.25) is 4.79 Å².